The molecule has 0 aliphatic carbocycles. The fourth-order valence-corrected chi connectivity index (χ4v) is 4.57. The maximum absolute atomic E-state index is 13.1. The SMILES string of the molecule is Cc1ccc(CN2CCCN(c3ccc(C(=O)N4CCc5ccccc54)cc3)C2=O)cc1. The Morgan fingerprint density at radius 2 is 1.62 bits per heavy atom. The van der Waals surface area contributed by atoms with Crippen molar-refractivity contribution in [1.82, 2.24) is 4.90 Å². The zero-order valence-corrected chi connectivity index (χ0v) is 18.3. The molecular weight excluding hydrogens is 398 g/mol. The van der Waals surface area contributed by atoms with Gasteiger partial charge in [0.05, 0.1) is 0 Å². The second-order valence-electron chi connectivity index (χ2n) is 8.58. The minimum Gasteiger partial charge on any atom is -0.320 e. The first-order valence-corrected chi connectivity index (χ1v) is 11.2. The van der Waals surface area contributed by atoms with Crippen LogP contribution in [0, 0.1) is 6.92 Å². The molecule has 0 saturated carbocycles. The lowest BCUT2D eigenvalue weighted by atomic mass is 10.1. The first-order valence-electron chi connectivity index (χ1n) is 11.2. The molecule has 0 spiro atoms. The Morgan fingerprint density at radius 1 is 0.875 bits per heavy atom. The van der Waals surface area contributed by atoms with Crippen LogP contribution in [0.15, 0.2) is 72.8 Å². The predicted molar refractivity (Wildman–Crippen MR) is 127 cm³/mol. The zero-order chi connectivity index (χ0) is 22.1. The lowest BCUT2D eigenvalue weighted by molar-refractivity contribution is 0.0989. The number of carbonyl (C=O) groups excluding carboxylic acids is 2. The van der Waals surface area contributed by atoms with Crippen molar-refractivity contribution in [3.63, 3.8) is 0 Å². The van der Waals surface area contributed by atoms with E-state index in [2.05, 4.69) is 37.3 Å². The van der Waals surface area contributed by atoms with Crippen LogP contribution in [-0.2, 0) is 13.0 Å². The molecule has 2 aliphatic rings. The highest BCUT2D eigenvalue weighted by Gasteiger charge is 2.28. The fourth-order valence-electron chi connectivity index (χ4n) is 4.57. The summed E-state index contributed by atoms with van der Waals surface area (Å²) in [5.41, 5.74) is 6.04. The Bertz CT molecular complexity index is 1140. The highest BCUT2D eigenvalue weighted by atomic mass is 16.2. The molecule has 162 valence electrons. The van der Waals surface area contributed by atoms with E-state index < -0.39 is 0 Å². The molecule has 5 heteroatoms. The lowest BCUT2D eigenvalue weighted by Gasteiger charge is -2.35. The van der Waals surface area contributed by atoms with Crippen LogP contribution in [0.3, 0.4) is 0 Å². The number of aryl methyl sites for hydroxylation is 1. The van der Waals surface area contributed by atoms with Gasteiger partial charge < -0.3 is 9.80 Å². The molecular formula is C27H27N3O2. The predicted octanol–water partition coefficient (Wildman–Crippen LogP) is 5.03. The first-order chi connectivity index (χ1) is 15.6. The van der Waals surface area contributed by atoms with Crippen molar-refractivity contribution in [2.24, 2.45) is 0 Å². The highest BCUT2D eigenvalue weighted by Crippen LogP contribution is 2.29. The van der Waals surface area contributed by atoms with E-state index in [-0.39, 0.29) is 11.9 Å². The molecule has 0 atom stereocenters. The Labute approximate surface area is 188 Å². The van der Waals surface area contributed by atoms with Gasteiger partial charge in [-0.15, -0.1) is 0 Å². The number of nitrogens with zero attached hydrogens (tertiary/aromatic N) is 3. The summed E-state index contributed by atoms with van der Waals surface area (Å²) in [5.74, 6) is 0.00692. The second-order valence-corrected chi connectivity index (χ2v) is 8.58. The molecule has 2 heterocycles. The van der Waals surface area contributed by atoms with E-state index in [1.165, 1.54) is 11.1 Å². The third-order valence-electron chi connectivity index (χ3n) is 6.36. The van der Waals surface area contributed by atoms with Crippen LogP contribution in [0.2, 0.25) is 0 Å². The summed E-state index contributed by atoms with van der Waals surface area (Å²) in [6.07, 6.45) is 1.81. The topological polar surface area (TPSA) is 43.9 Å². The fraction of sp³-hybridized carbons (Fsp3) is 0.259. The number of carbonyl (C=O) groups is 2. The van der Waals surface area contributed by atoms with Gasteiger partial charge in [-0.2, -0.15) is 0 Å². The maximum Gasteiger partial charge on any atom is 0.324 e. The van der Waals surface area contributed by atoms with Crippen molar-refractivity contribution in [2.45, 2.75) is 26.3 Å². The van der Waals surface area contributed by atoms with Crippen LogP contribution in [-0.4, -0.2) is 36.5 Å². The van der Waals surface area contributed by atoms with Gasteiger partial charge in [-0.1, -0.05) is 48.0 Å². The van der Waals surface area contributed by atoms with Gasteiger partial charge in [0.25, 0.3) is 5.91 Å². The summed E-state index contributed by atoms with van der Waals surface area (Å²) < 4.78 is 0. The van der Waals surface area contributed by atoms with Crippen LogP contribution in [0.4, 0.5) is 16.2 Å². The number of urea groups is 1. The largest absolute Gasteiger partial charge is 0.324 e. The summed E-state index contributed by atoms with van der Waals surface area (Å²) in [4.78, 5) is 31.8. The Morgan fingerprint density at radius 3 is 2.41 bits per heavy atom. The van der Waals surface area contributed by atoms with Gasteiger partial charge in [-0.3, -0.25) is 9.69 Å². The maximum atomic E-state index is 13.1. The van der Waals surface area contributed by atoms with Gasteiger partial charge in [0.1, 0.15) is 0 Å². The second kappa shape index (κ2) is 8.50. The number of amides is 3. The van der Waals surface area contributed by atoms with Gasteiger partial charge in [0, 0.05) is 43.1 Å². The average molecular weight is 426 g/mol. The standard InChI is InChI=1S/C27H27N3O2/c1-20-7-9-21(10-8-20)19-28-16-4-17-29(27(28)32)24-13-11-23(12-14-24)26(31)30-18-15-22-5-2-3-6-25(22)30/h2-3,5-14H,4,15-19H2,1H3. The van der Waals surface area contributed by atoms with E-state index in [4.69, 9.17) is 0 Å². The van der Waals surface area contributed by atoms with Crippen LogP contribution in [0.1, 0.15) is 33.5 Å². The van der Waals surface area contributed by atoms with Crippen molar-refractivity contribution in [3.05, 3.63) is 95.1 Å². The molecule has 0 unspecified atom stereocenters. The Hall–Kier alpha value is -3.60. The van der Waals surface area contributed by atoms with Crippen molar-refractivity contribution in [1.29, 1.82) is 0 Å². The molecule has 5 nitrogen and oxygen atoms in total. The molecule has 0 aromatic heterocycles. The monoisotopic (exact) mass is 425 g/mol. The third-order valence-corrected chi connectivity index (χ3v) is 6.36. The Balaban J connectivity index is 1.29. The summed E-state index contributed by atoms with van der Waals surface area (Å²) in [6, 6.07) is 23.9. The molecule has 1 fully saturated rings. The van der Waals surface area contributed by atoms with Crippen molar-refractivity contribution in [3.8, 4) is 0 Å². The van der Waals surface area contributed by atoms with E-state index in [9.17, 15) is 9.59 Å². The van der Waals surface area contributed by atoms with Crippen LogP contribution >= 0.6 is 0 Å². The van der Waals surface area contributed by atoms with Gasteiger partial charge in [0.2, 0.25) is 0 Å². The van der Waals surface area contributed by atoms with Gasteiger partial charge in [-0.25, -0.2) is 4.79 Å². The van der Waals surface area contributed by atoms with E-state index in [1.807, 2.05) is 57.2 Å². The molecule has 0 bridgehead atoms. The summed E-state index contributed by atoms with van der Waals surface area (Å²) in [7, 11) is 0. The first kappa shape index (κ1) is 20.3. The molecule has 5 rings (SSSR count). The van der Waals surface area contributed by atoms with E-state index in [0.717, 1.165) is 36.3 Å². The average Bonchev–Trinajstić information content (AvgIpc) is 3.26. The lowest BCUT2D eigenvalue weighted by Crippen LogP contribution is -2.49. The van der Waals surface area contributed by atoms with Gasteiger partial charge in [0.15, 0.2) is 0 Å². The molecule has 0 N–H and O–H groups in total. The molecule has 3 amide bonds. The van der Waals surface area contributed by atoms with E-state index >= 15 is 0 Å². The number of fused-ring (bicyclic) bond motifs is 1. The quantitative estimate of drug-likeness (QED) is 0.588. The normalized spacial score (nSPS) is 15.8. The minimum absolute atomic E-state index is 0.00692. The number of hydrogen-bond acceptors (Lipinski definition) is 2. The molecule has 3 aromatic carbocycles. The summed E-state index contributed by atoms with van der Waals surface area (Å²) in [5, 5.41) is 0. The van der Waals surface area contributed by atoms with Gasteiger partial charge >= 0.3 is 6.03 Å². The van der Waals surface area contributed by atoms with Gasteiger partial charge in [-0.05, 0) is 61.2 Å². The summed E-state index contributed by atoms with van der Waals surface area (Å²) >= 11 is 0. The van der Waals surface area contributed by atoms with Crippen molar-refractivity contribution >= 4 is 23.3 Å². The minimum atomic E-state index is 0.00692. The molecule has 1 saturated heterocycles. The zero-order valence-electron chi connectivity index (χ0n) is 18.3. The Kier molecular flexibility index (Phi) is 5.39. The van der Waals surface area contributed by atoms with E-state index in [0.29, 0.717) is 25.2 Å². The third kappa shape index (κ3) is 3.86. The molecule has 3 aromatic rings. The number of rotatable bonds is 4. The van der Waals surface area contributed by atoms with Crippen LogP contribution < -0.4 is 9.80 Å². The molecule has 0 radical (unpaired) electrons. The number of para-hydroxylation sites is 1. The number of hydrogen-bond donors (Lipinski definition) is 0. The summed E-state index contributed by atoms with van der Waals surface area (Å²) in [6.45, 7) is 4.83. The van der Waals surface area contributed by atoms with Crippen molar-refractivity contribution in [2.75, 3.05) is 29.4 Å². The van der Waals surface area contributed by atoms with Crippen LogP contribution in [0.5, 0.6) is 0 Å². The van der Waals surface area contributed by atoms with Crippen molar-refractivity contribution < 1.29 is 9.59 Å². The highest BCUT2D eigenvalue weighted by molar-refractivity contribution is 6.07. The number of anilines is 2. The van der Waals surface area contributed by atoms with E-state index in [1.54, 1.807) is 0 Å². The van der Waals surface area contributed by atoms with Crippen LogP contribution in [0.25, 0.3) is 0 Å². The number of benzene rings is 3. The molecule has 2 aliphatic heterocycles. The molecule has 32 heavy (non-hydrogen) atoms. The smallest absolute Gasteiger partial charge is 0.320 e.